The average Bonchev–Trinajstić information content (AvgIpc) is 3.67. The van der Waals surface area contributed by atoms with E-state index >= 15 is 0 Å². The van der Waals surface area contributed by atoms with Gasteiger partial charge in [-0.15, -0.1) is 6.58 Å². The van der Waals surface area contributed by atoms with Crippen LogP contribution in [0.3, 0.4) is 0 Å². The summed E-state index contributed by atoms with van der Waals surface area (Å²) in [6, 6.07) is 6.70. The summed E-state index contributed by atoms with van der Waals surface area (Å²) in [5, 5.41) is 0. The molecule has 232 valence electrons. The quantitative estimate of drug-likeness (QED) is 0.112. The van der Waals surface area contributed by atoms with Gasteiger partial charge in [-0.05, 0) is 54.5 Å². The van der Waals surface area contributed by atoms with Crippen LogP contribution >= 0.6 is 34.8 Å². The first-order valence-electron chi connectivity index (χ1n) is 14.4. The average molecular weight is 660 g/mol. The van der Waals surface area contributed by atoms with Crippen molar-refractivity contribution in [3.8, 4) is 5.75 Å². The van der Waals surface area contributed by atoms with Gasteiger partial charge in [0, 0.05) is 39.7 Å². The number of alkyl halides is 3. The zero-order valence-corrected chi connectivity index (χ0v) is 28.0. The minimum absolute atomic E-state index is 0.0864. The van der Waals surface area contributed by atoms with Crippen molar-refractivity contribution in [3.05, 3.63) is 42.5 Å². The van der Waals surface area contributed by atoms with Gasteiger partial charge in [-0.1, -0.05) is 66.6 Å². The van der Waals surface area contributed by atoms with Crippen LogP contribution in [0.4, 0.5) is 15.3 Å². The highest BCUT2D eigenvalue weighted by molar-refractivity contribution is 6.76. The largest absolute Gasteiger partial charge is 0.497 e. The fourth-order valence-electron chi connectivity index (χ4n) is 5.51. The van der Waals surface area contributed by atoms with Crippen LogP contribution in [0.1, 0.15) is 24.8 Å². The number of hydrogen-bond acceptors (Lipinski definition) is 6. The molecule has 1 aromatic rings. The maximum absolute atomic E-state index is 13.0. The number of carbonyl (C=O) groups is 2. The van der Waals surface area contributed by atoms with E-state index in [9.17, 15) is 9.59 Å². The van der Waals surface area contributed by atoms with Crippen LogP contribution in [0, 0.1) is 11.8 Å². The molecular weight excluding hydrogens is 619 g/mol. The lowest BCUT2D eigenvalue weighted by Gasteiger charge is -2.36. The van der Waals surface area contributed by atoms with E-state index in [0.29, 0.717) is 32.2 Å². The van der Waals surface area contributed by atoms with Gasteiger partial charge in [-0.2, -0.15) is 0 Å². The third-order valence-corrected chi connectivity index (χ3v) is 10.1. The summed E-state index contributed by atoms with van der Waals surface area (Å²) in [5.74, 6) is 1.18. The van der Waals surface area contributed by atoms with Gasteiger partial charge in [0.25, 0.3) is 0 Å². The molecule has 4 rings (SSSR count). The number of methoxy groups -OCH3 is 1. The topological polar surface area (TPSA) is 80.8 Å². The van der Waals surface area contributed by atoms with E-state index in [-0.39, 0.29) is 30.8 Å². The number of piperidine rings is 1. The second kappa shape index (κ2) is 13.8. The molecule has 0 unspecified atom stereocenters. The van der Waals surface area contributed by atoms with Crippen molar-refractivity contribution in [2.45, 2.75) is 60.9 Å². The summed E-state index contributed by atoms with van der Waals surface area (Å²) in [5.41, 5.74) is 2.92. The minimum atomic E-state index is -1.64. The lowest BCUT2D eigenvalue weighted by Crippen LogP contribution is -2.44. The Bertz CT molecular complexity index is 1180. The van der Waals surface area contributed by atoms with Crippen molar-refractivity contribution < 1.29 is 28.5 Å². The Hall–Kier alpha value is -1.91. The fourth-order valence-corrected chi connectivity index (χ4v) is 6.38. The number of fused-ring (bicyclic) bond motifs is 1. The van der Waals surface area contributed by atoms with Crippen molar-refractivity contribution >= 4 is 66.3 Å². The molecule has 0 saturated carbocycles. The molecule has 42 heavy (non-hydrogen) atoms. The highest BCUT2D eigenvalue weighted by atomic mass is 35.6. The van der Waals surface area contributed by atoms with Crippen molar-refractivity contribution in [2.75, 3.05) is 44.9 Å². The molecule has 0 radical (unpaired) electrons. The van der Waals surface area contributed by atoms with E-state index in [1.807, 2.05) is 24.3 Å². The summed E-state index contributed by atoms with van der Waals surface area (Å²) in [4.78, 5) is 28.8. The predicted octanol–water partition coefficient (Wildman–Crippen LogP) is 7.55. The second-order valence-corrected chi connectivity index (χ2v) is 20.5. The first-order chi connectivity index (χ1) is 19.8. The Morgan fingerprint density at radius 2 is 1.93 bits per heavy atom. The Balaban J connectivity index is 1.34. The van der Waals surface area contributed by atoms with Crippen LogP contribution in [-0.2, 0) is 14.2 Å². The summed E-state index contributed by atoms with van der Waals surface area (Å²) in [6.07, 6.45) is 5.82. The molecule has 0 spiro atoms. The van der Waals surface area contributed by atoms with Crippen molar-refractivity contribution in [3.63, 3.8) is 0 Å². The highest BCUT2D eigenvalue weighted by Gasteiger charge is 2.44. The fraction of sp³-hybridized carbons (Fsp3) is 0.600. The Morgan fingerprint density at radius 3 is 2.60 bits per heavy atom. The smallest absolute Gasteiger partial charge is 0.414 e. The molecule has 8 nitrogen and oxygen atoms in total. The number of nitrogens with zero attached hydrogens (tertiary/aromatic N) is 2. The number of anilines is 1. The van der Waals surface area contributed by atoms with Crippen molar-refractivity contribution in [1.29, 1.82) is 0 Å². The summed E-state index contributed by atoms with van der Waals surface area (Å²) in [7, 11) is 0.329. The van der Waals surface area contributed by atoms with Crippen molar-refractivity contribution in [2.24, 2.45) is 11.8 Å². The molecule has 3 heterocycles. The number of halogens is 3. The predicted molar refractivity (Wildman–Crippen MR) is 171 cm³/mol. The van der Waals surface area contributed by atoms with E-state index < -0.39 is 18.0 Å². The molecule has 0 bridgehead atoms. The van der Waals surface area contributed by atoms with Crippen LogP contribution < -0.4 is 9.64 Å². The van der Waals surface area contributed by atoms with Gasteiger partial charge in [0.05, 0.1) is 31.6 Å². The van der Waals surface area contributed by atoms with Crippen molar-refractivity contribution in [1.82, 2.24) is 4.90 Å². The standard InChI is InChI=1S/C30H41Cl3N2O6Si/c1-6-20-18-34(28(36)40-19-30(31,32)33)11-9-21(20)15-26-27(41-26)16-22-10-12-35(29(37)39-13-14-42(3,4)5)25-8-7-23(38-2)17-24(22)25/h6-8,10,17,20-21,26-27H,1,9,11-16,18-19H2,2-5H3/t20-,21-,26+,27+/m0/s1. The monoisotopic (exact) mass is 658 g/mol. The third kappa shape index (κ3) is 9.05. The molecule has 2 amide bonds. The number of likely N-dealkylation sites (tertiary alicyclic amines) is 1. The molecule has 4 atom stereocenters. The molecule has 1 aromatic carbocycles. The van der Waals surface area contributed by atoms with Gasteiger partial charge in [0.1, 0.15) is 12.4 Å². The lowest BCUT2D eigenvalue weighted by atomic mass is 9.81. The SMILES string of the molecule is C=C[C@H]1CN(C(=O)OCC(Cl)(Cl)Cl)CC[C@H]1C[C@H]1O[C@@H]1CC1=CCN(C(=O)OCC[Si](C)(C)C)c2ccc(OC)cc21. The van der Waals surface area contributed by atoms with Crippen LogP contribution in [0.25, 0.3) is 5.57 Å². The number of carbonyl (C=O) groups excluding carboxylic acids is 2. The number of benzene rings is 1. The van der Waals surface area contributed by atoms with E-state index in [1.54, 1.807) is 16.9 Å². The van der Waals surface area contributed by atoms with Gasteiger partial charge in [0.15, 0.2) is 0 Å². The van der Waals surface area contributed by atoms with Crippen LogP contribution in [-0.4, -0.2) is 81.1 Å². The van der Waals surface area contributed by atoms with Crippen LogP contribution in [0.5, 0.6) is 5.75 Å². The highest BCUT2D eigenvalue weighted by Crippen LogP contribution is 2.43. The lowest BCUT2D eigenvalue weighted by molar-refractivity contribution is 0.0757. The van der Waals surface area contributed by atoms with Gasteiger partial charge in [-0.3, -0.25) is 4.90 Å². The first-order valence-corrected chi connectivity index (χ1v) is 19.2. The Kier molecular flexibility index (Phi) is 10.8. The number of amides is 2. The van der Waals surface area contributed by atoms with E-state index in [0.717, 1.165) is 47.9 Å². The molecular formula is C30H41Cl3N2O6Si. The van der Waals surface area contributed by atoms with E-state index in [1.165, 1.54) is 0 Å². The Labute approximate surface area is 264 Å². The third-order valence-electron chi connectivity index (χ3n) is 8.03. The van der Waals surface area contributed by atoms with E-state index in [4.69, 9.17) is 53.8 Å². The zero-order chi connectivity index (χ0) is 30.7. The Morgan fingerprint density at radius 1 is 1.17 bits per heavy atom. The maximum atomic E-state index is 13.0. The van der Waals surface area contributed by atoms with E-state index in [2.05, 4.69) is 32.3 Å². The summed E-state index contributed by atoms with van der Waals surface area (Å²) < 4.78 is 20.8. The van der Waals surface area contributed by atoms with Gasteiger partial charge < -0.3 is 23.8 Å². The summed E-state index contributed by atoms with van der Waals surface area (Å²) in [6.45, 7) is 12.4. The maximum Gasteiger partial charge on any atom is 0.414 e. The molecule has 3 aliphatic heterocycles. The number of ether oxygens (including phenoxy) is 4. The number of rotatable bonds is 10. The minimum Gasteiger partial charge on any atom is -0.497 e. The molecule has 2 fully saturated rings. The zero-order valence-electron chi connectivity index (χ0n) is 24.7. The first kappa shape index (κ1) is 33.0. The molecule has 2 saturated heterocycles. The van der Waals surface area contributed by atoms with Gasteiger partial charge in [-0.25, -0.2) is 9.59 Å². The molecule has 0 aromatic heterocycles. The van der Waals surface area contributed by atoms with Gasteiger partial charge >= 0.3 is 12.2 Å². The van der Waals surface area contributed by atoms with Crippen LogP contribution in [0.2, 0.25) is 25.7 Å². The van der Waals surface area contributed by atoms with Crippen LogP contribution in [0.15, 0.2) is 36.9 Å². The molecule has 3 aliphatic rings. The summed E-state index contributed by atoms with van der Waals surface area (Å²) >= 11 is 17.1. The molecule has 0 aliphatic carbocycles. The number of hydrogen-bond donors (Lipinski definition) is 0. The number of epoxide rings is 1. The molecule has 12 heteroatoms. The normalized spacial score (nSPS) is 23.9. The molecule has 0 N–H and O–H groups in total. The van der Waals surface area contributed by atoms with Gasteiger partial charge in [0.2, 0.25) is 3.79 Å². The second-order valence-electron chi connectivity index (χ2n) is 12.4.